The summed E-state index contributed by atoms with van der Waals surface area (Å²) in [5.74, 6) is 0.0369. The molecular weight excluding hydrogens is 262 g/mol. The Morgan fingerprint density at radius 3 is 2.43 bits per heavy atom. The Balaban J connectivity index is 2.05. The second-order valence-corrected chi connectivity index (χ2v) is 4.88. The molecule has 2 aromatic heterocycles. The Morgan fingerprint density at radius 1 is 0.857 bits per heavy atom. The maximum atomic E-state index is 12.8. The van der Waals surface area contributed by atoms with Crippen LogP contribution in [-0.2, 0) is 0 Å². The molecule has 2 heterocycles. The largest absolute Gasteiger partial charge is 0.472 e. The van der Waals surface area contributed by atoms with E-state index in [0.717, 1.165) is 27.8 Å². The van der Waals surface area contributed by atoms with E-state index in [0.29, 0.717) is 5.57 Å². The van der Waals surface area contributed by atoms with Gasteiger partial charge < -0.3 is 4.42 Å². The number of allylic oxidation sites excluding steroid dienone is 1. The number of pyridine rings is 1. The molecule has 0 radical (unpaired) electrons. The maximum absolute atomic E-state index is 12.8. The molecule has 0 atom stereocenters. The van der Waals surface area contributed by atoms with Crippen LogP contribution in [0.5, 0.6) is 0 Å². The van der Waals surface area contributed by atoms with Crippen LogP contribution in [0.3, 0.4) is 0 Å². The van der Waals surface area contributed by atoms with Gasteiger partial charge in [0.1, 0.15) is 0 Å². The second kappa shape index (κ2) is 4.56. The van der Waals surface area contributed by atoms with Gasteiger partial charge in [0.2, 0.25) is 0 Å². The van der Waals surface area contributed by atoms with Crippen molar-refractivity contribution in [1.29, 1.82) is 0 Å². The first kappa shape index (κ1) is 11.9. The molecule has 0 saturated heterocycles. The summed E-state index contributed by atoms with van der Waals surface area (Å²) in [5.41, 5.74) is 5.01. The van der Waals surface area contributed by atoms with Crippen LogP contribution in [0.2, 0.25) is 0 Å². The van der Waals surface area contributed by atoms with Crippen LogP contribution in [-0.4, -0.2) is 10.8 Å². The van der Waals surface area contributed by atoms with Crippen LogP contribution in [0.25, 0.3) is 11.1 Å². The highest BCUT2D eigenvalue weighted by atomic mass is 16.3. The highest BCUT2D eigenvalue weighted by molar-refractivity contribution is 6.41. The molecule has 0 fully saturated rings. The molecule has 21 heavy (non-hydrogen) atoms. The molecule has 4 rings (SSSR count). The first-order valence-electron chi connectivity index (χ1n) is 6.67. The molecule has 0 N–H and O–H groups in total. The molecule has 0 unspecified atom stereocenters. The zero-order chi connectivity index (χ0) is 14.2. The topological polar surface area (TPSA) is 43.1 Å². The third-order valence-electron chi connectivity index (χ3n) is 3.68. The molecule has 1 aromatic carbocycles. The van der Waals surface area contributed by atoms with Crippen LogP contribution in [0.1, 0.15) is 27.0 Å². The maximum Gasteiger partial charge on any atom is 0.194 e. The van der Waals surface area contributed by atoms with Gasteiger partial charge in [-0.15, -0.1) is 0 Å². The molecule has 0 spiro atoms. The number of carbonyl (C=O) groups excluding carboxylic acids is 1. The Labute approximate surface area is 121 Å². The average Bonchev–Trinajstić information content (AvgIpc) is 3.15. The fraction of sp³-hybridized carbons (Fsp3) is 0. The summed E-state index contributed by atoms with van der Waals surface area (Å²) in [7, 11) is 0. The van der Waals surface area contributed by atoms with Gasteiger partial charge in [-0.25, -0.2) is 0 Å². The Kier molecular flexibility index (Phi) is 2.57. The number of rotatable bonds is 2. The highest BCUT2D eigenvalue weighted by Gasteiger charge is 2.31. The van der Waals surface area contributed by atoms with Crippen molar-refractivity contribution in [1.82, 2.24) is 4.98 Å². The first-order chi connectivity index (χ1) is 10.4. The third kappa shape index (κ3) is 1.75. The molecule has 0 aliphatic heterocycles. The summed E-state index contributed by atoms with van der Waals surface area (Å²) in [5, 5.41) is 0. The lowest BCUT2D eigenvalue weighted by Crippen LogP contribution is -1.98. The Hall–Kier alpha value is -2.94. The smallest absolute Gasteiger partial charge is 0.194 e. The quantitative estimate of drug-likeness (QED) is 0.712. The van der Waals surface area contributed by atoms with Crippen molar-refractivity contribution in [3.8, 4) is 0 Å². The number of carbonyl (C=O) groups is 1. The number of nitrogens with zero attached hydrogens (tertiary/aromatic N) is 1. The third-order valence-corrected chi connectivity index (χ3v) is 3.68. The molecule has 3 aromatic rings. The number of furan rings is 1. The van der Waals surface area contributed by atoms with E-state index in [4.69, 9.17) is 4.42 Å². The lowest BCUT2D eigenvalue weighted by atomic mass is 9.97. The molecule has 0 bridgehead atoms. The van der Waals surface area contributed by atoms with Gasteiger partial charge in [0.05, 0.1) is 12.5 Å². The van der Waals surface area contributed by atoms with E-state index in [-0.39, 0.29) is 5.78 Å². The number of fused-ring (bicyclic) bond motifs is 1. The molecule has 100 valence electrons. The molecule has 3 heteroatoms. The van der Waals surface area contributed by atoms with Gasteiger partial charge in [-0.3, -0.25) is 9.78 Å². The van der Waals surface area contributed by atoms with E-state index in [9.17, 15) is 4.79 Å². The van der Waals surface area contributed by atoms with E-state index in [1.165, 1.54) is 0 Å². The Bertz CT molecular complexity index is 846. The zero-order valence-corrected chi connectivity index (χ0v) is 11.1. The lowest BCUT2D eigenvalue weighted by molar-refractivity contribution is 0.105. The summed E-state index contributed by atoms with van der Waals surface area (Å²) < 4.78 is 5.20. The van der Waals surface area contributed by atoms with Gasteiger partial charge in [-0.1, -0.05) is 30.3 Å². The molecular formula is C18H11NO2. The predicted octanol–water partition coefficient (Wildman–Crippen LogP) is 3.83. The van der Waals surface area contributed by atoms with Crippen molar-refractivity contribution in [2.24, 2.45) is 0 Å². The average molecular weight is 273 g/mol. The van der Waals surface area contributed by atoms with Gasteiger partial charge >= 0.3 is 0 Å². The number of hydrogen-bond acceptors (Lipinski definition) is 3. The van der Waals surface area contributed by atoms with Crippen LogP contribution >= 0.6 is 0 Å². The minimum atomic E-state index is 0.0369. The minimum absolute atomic E-state index is 0.0369. The van der Waals surface area contributed by atoms with Gasteiger partial charge in [-0.2, -0.15) is 0 Å². The van der Waals surface area contributed by atoms with Gasteiger partial charge in [0.15, 0.2) is 5.78 Å². The SMILES string of the molecule is O=C1C(c2cccnc2)=C(c2ccoc2)c2ccccc21. The van der Waals surface area contributed by atoms with Crippen LogP contribution in [0, 0.1) is 0 Å². The summed E-state index contributed by atoms with van der Waals surface area (Å²) in [6.45, 7) is 0. The monoisotopic (exact) mass is 273 g/mol. The Morgan fingerprint density at radius 2 is 1.71 bits per heavy atom. The fourth-order valence-corrected chi connectivity index (χ4v) is 2.77. The number of ketones is 1. The van der Waals surface area contributed by atoms with Gasteiger partial charge in [0.25, 0.3) is 0 Å². The van der Waals surface area contributed by atoms with E-state index >= 15 is 0 Å². The van der Waals surface area contributed by atoms with E-state index < -0.39 is 0 Å². The molecule has 1 aliphatic rings. The first-order valence-corrected chi connectivity index (χ1v) is 6.67. The van der Waals surface area contributed by atoms with Crippen molar-refractivity contribution in [2.45, 2.75) is 0 Å². The van der Waals surface area contributed by atoms with Crippen LogP contribution in [0.4, 0.5) is 0 Å². The number of hydrogen-bond donors (Lipinski definition) is 0. The zero-order valence-electron chi connectivity index (χ0n) is 11.1. The van der Waals surface area contributed by atoms with Crippen molar-refractivity contribution in [3.05, 3.63) is 89.6 Å². The van der Waals surface area contributed by atoms with E-state index in [1.807, 2.05) is 42.5 Å². The summed E-state index contributed by atoms with van der Waals surface area (Å²) in [6.07, 6.45) is 6.71. The van der Waals surface area contributed by atoms with Crippen LogP contribution in [0.15, 0.2) is 71.8 Å². The van der Waals surface area contributed by atoms with Crippen molar-refractivity contribution >= 4 is 16.9 Å². The van der Waals surface area contributed by atoms with Gasteiger partial charge in [-0.05, 0) is 17.7 Å². The molecule has 3 nitrogen and oxygen atoms in total. The summed E-state index contributed by atoms with van der Waals surface area (Å²) in [4.78, 5) is 16.9. The van der Waals surface area contributed by atoms with Crippen LogP contribution < -0.4 is 0 Å². The predicted molar refractivity (Wildman–Crippen MR) is 79.6 cm³/mol. The number of aromatic nitrogens is 1. The number of Topliss-reactive ketones (excluding diaryl/α,β-unsaturated/α-hetero) is 1. The highest BCUT2D eigenvalue weighted by Crippen LogP contribution is 2.41. The van der Waals surface area contributed by atoms with Crippen molar-refractivity contribution < 1.29 is 9.21 Å². The second-order valence-electron chi connectivity index (χ2n) is 4.88. The molecule has 1 aliphatic carbocycles. The standard InChI is InChI=1S/C18H11NO2/c20-18-15-6-2-1-5-14(15)16(13-7-9-21-11-13)17(18)12-4-3-8-19-10-12/h1-11H. The normalized spacial score (nSPS) is 13.6. The summed E-state index contributed by atoms with van der Waals surface area (Å²) in [6, 6.07) is 13.3. The summed E-state index contributed by atoms with van der Waals surface area (Å²) >= 11 is 0. The van der Waals surface area contributed by atoms with Crippen molar-refractivity contribution in [2.75, 3.05) is 0 Å². The number of benzene rings is 1. The van der Waals surface area contributed by atoms with Gasteiger partial charge in [0, 0.05) is 40.2 Å². The minimum Gasteiger partial charge on any atom is -0.472 e. The fourth-order valence-electron chi connectivity index (χ4n) is 2.77. The molecule has 0 amide bonds. The lowest BCUT2D eigenvalue weighted by Gasteiger charge is -2.05. The van der Waals surface area contributed by atoms with Crippen molar-refractivity contribution in [3.63, 3.8) is 0 Å². The van der Waals surface area contributed by atoms with E-state index in [2.05, 4.69) is 4.98 Å². The van der Waals surface area contributed by atoms with E-state index in [1.54, 1.807) is 24.9 Å². The molecule has 0 saturated carbocycles.